The molecular weight excluding hydrogens is 510 g/mol. The molecule has 3 atom stereocenters. The Labute approximate surface area is 231 Å². The van der Waals surface area contributed by atoms with Crippen LogP contribution in [0.4, 0.5) is 0 Å². The van der Waals surface area contributed by atoms with E-state index in [1.165, 1.54) is 0 Å². The summed E-state index contributed by atoms with van der Waals surface area (Å²) in [6, 6.07) is 9.05. The molecule has 1 aromatic carbocycles. The number of β-amino-alcohol motifs (C(OH)–C–C–N with tert-alkyl or cyclic N) is 1. The number of rotatable bonds is 5. The van der Waals surface area contributed by atoms with E-state index in [2.05, 4.69) is 15.4 Å². The topological polar surface area (TPSA) is 122 Å². The summed E-state index contributed by atoms with van der Waals surface area (Å²) in [5.74, 6) is 0.689. The number of carbonyl (C=O) groups excluding carboxylic acids is 2. The molecule has 2 aliphatic rings. The number of hydrogen-bond donors (Lipinski definition) is 2. The fraction of sp³-hybridized carbons (Fsp3) is 0.333. The van der Waals surface area contributed by atoms with Gasteiger partial charge >= 0.3 is 0 Å². The largest absolute Gasteiger partial charge is 0.483 e. The van der Waals surface area contributed by atoms with Gasteiger partial charge in [-0.2, -0.15) is 5.10 Å². The molecule has 2 N–H and O–H groups in total. The molecule has 40 heavy (non-hydrogen) atoms. The second kappa shape index (κ2) is 9.63. The molecule has 1 saturated heterocycles. The van der Waals surface area contributed by atoms with Gasteiger partial charge in [0.25, 0.3) is 11.8 Å². The molecule has 1 fully saturated rings. The Morgan fingerprint density at radius 2 is 2.08 bits per heavy atom. The molecule has 2 aliphatic heterocycles. The molecule has 3 unspecified atom stereocenters. The van der Waals surface area contributed by atoms with Gasteiger partial charge in [0, 0.05) is 61.3 Å². The number of aliphatic hydroxyl groups is 1. The quantitative estimate of drug-likeness (QED) is 0.395. The second-order valence-electron chi connectivity index (χ2n) is 10.6. The molecule has 0 radical (unpaired) electrons. The molecule has 0 spiro atoms. The number of ether oxygens (including phenoxy) is 1. The number of amides is 2. The second-order valence-corrected chi connectivity index (χ2v) is 10.6. The Morgan fingerprint density at radius 1 is 1.25 bits per heavy atom. The molecule has 5 heterocycles. The number of carbonyl (C=O) groups is 2. The summed E-state index contributed by atoms with van der Waals surface area (Å²) >= 11 is 0. The Morgan fingerprint density at radius 3 is 2.83 bits per heavy atom. The number of benzene rings is 1. The summed E-state index contributed by atoms with van der Waals surface area (Å²) in [7, 11) is 1.59. The molecule has 0 bridgehead atoms. The fourth-order valence-corrected chi connectivity index (χ4v) is 5.76. The molecule has 3 aromatic heterocycles. The van der Waals surface area contributed by atoms with E-state index < -0.39 is 11.7 Å². The van der Waals surface area contributed by atoms with Crippen molar-refractivity contribution in [2.45, 2.75) is 38.9 Å². The van der Waals surface area contributed by atoms with E-state index in [4.69, 9.17) is 9.15 Å². The molecule has 206 valence electrons. The summed E-state index contributed by atoms with van der Waals surface area (Å²) in [5, 5.41) is 19.1. The van der Waals surface area contributed by atoms with Crippen molar-refractivity contribution >= 4 is 29.0 Å². The maximum atomic E-state index is 13.7. The first kappa shape index (κ1) is 25.8. The standard InChI is InChI=1S/C30H31N5O5/c1-17-13-33-35-15-23(29(37)34-11-9-30(38,16-34)20-6-5-10-32-14-20)18(2)26(35)27(17)40-21-7-8-22-24(12-21)39-19(3)25(22)28(36)31-4/h5-8,10,12-15,17,27,38H,9,11,16H2,1-4H3,(H,31,36). The predicted molar refractivity (Wildman–Crippen MR) is 149 cm³/mol. The number of aryl methyl sites for hydroxylation is 1. The summed E-state index contributed by atoms with van der Waals surface area (Å²) in [4.78, 5) is 31.8. The van der Waals surface area contributed by atoms with Crippen LogP contribution in [0.5, 0.6) is 5.75 Å². The molecule has 2 amide bonds. The number of pyridine rings is 1. The van der Waals surface area contributed by atoms with E-state index >= 15 is 0 Å². The van der Waals surface area contributed by atoms with Crippen molar-refractivity contribution in [2.24, 2.45) is 11.0 Å². The average Bonchev–Trinajstić information content (AvgIpc) is 3.62. The highest BCUT2D eigenvalue weighted by Crippen LogP contribution is 2.38. The Balaban J connectivity index is 1.28. The first-order valence-corrected chi connectivity index (χ1v) is 13.3. The van der Waals surface area contributed by atoms with Gasteiger partial charge in [-0.3, -0.25) is 14.6 Å². The number of fused-ring (bicyclic) bond motifs is 2. The summed E-state index contributed by atoms with van der Waals surface area (Å²) < 4.78 is 14.1. The Bertz CT molecular complexity index is 1660. The molecule has 0 saturated carbocycles. The summed E-state index contributed by atoms with van der Waals surface area (Å²) in [6.07, 6.45) is 6.89. The zero-order valence-corrected chi connectivity index (χ0v) is 22.8. The highest BCUT2D eigenvalue weighted by molar-refractivity contribution is 6.07. The smallest absolute Gasteiger partial charge is 0.255 e. The normalized spacial score (nSPS) is 22.0. The van der Waals surface area contributed by atoms with Gasteiger partial charge in [-0.15, -0.1) is 0 Å². The van der Waals surface area contributed by atoms with Crippen molar-refractivity contribution in [2.75, 3.05) is 20.1 Å². The number of furan rings is 1. The molecule has 4 aromatic rings. The van der Waals surface area contributed by atoms with Gasteiger partial charge in [0.05, 0.1) is 23.4 Å². The van der Waals surface area contributed by atoms with Crippen molar-refractivity contribution in [3.63, 3.8) is 0 Å². The molecular formula is C30H31N5O5. The van der Waals surface area contributed by atoms with E-state index in [-0.39, 0.29) is 24.3 Å². The lowest BCUT2D eigenvalue weighted by Crippen LogP contribution is -2.34. The first-order valence-electron chi connectivity index (χ1n) is 13.3. The highest BCUT2D eigenvalue weighted by Gasteiger charge is 2.41. The number of aromatic nitrogens is 2. The zero-order chi connectivity index (χ0) is 28.2. The van der Waals surface area contributed by atoms with E-state index in [0.29, 0.717) is 52.1 Å². The average molecular weight is 542 g/mol. The van der Waals surface area contributed by atoms with Crippen molar-refractivity contribution in [3.05, 3.63) is 82.6 Å². The van der Waals surface area contributed by atoms with Crippen LogP contribution in [0.1, 0.15) is 62.7 Å². The third kappa shape index (κ3) is 4.15. The van der Waals surface area contributed by atoms with Crippen molar-refractivity contribution in [3.8, 4) is 5.75 Å². The molecule has 10 heteroatoms. The maximum absolute atomic E-state index is 13.7. The monoisotopic (exact) mass is 541 g/mol. The van der Waals surface area contributed by atoms with E-state index in [1.807, 2.05) is 38.3 Å². The Kier molecular flexibility index (Phi) is 6.22. The number of nitrogens with zero attached hydrogens (tertiary/aromatic N) is 4. The third-order valence-corrected chi connectivity index (χ3v) is 7.98. The van der Waals surface area contributed by atoms with Crippen molar-refractivity contribution in [1.29, 1.82) is 0 Å². The van der Waals surface area contributed by atoms with Crippen molar-refractivity contribution in [1.82, 2.24) is 19.9 Å². The minimum atomic E-state index is -1.13. The van der Waals surface area contributed by atoms with Crippen LogP contribution in [0, 0.1) is 19.8 Å². The fourth-order valence-electron chi connectivity index (χ4n) is 5.76. The molecule has 0 aliphatic carbocycles. The van der Waals surface area contributed by atoms with E-state index in [9.17, 15) is 14.7 Å². The number of likely N-dealkylation sites (tertiary alicyclic amines) is 1. The zero-order valence-electron chi connectivity index (χ0n) is 22.8. The first-order chi connectivity index (χ1) is 19.2. The van der Waals surface area contributed by atoms with Crippen LogP contribution in [0.2, 0.25) is 0 Å². The van der Waals surface area contributed by atoms with Gasteiger partial charge in [0.1, 0.15) is 28.8 Å². The van der Waals surface area contributed by atoms with Crippen LogP contribution in [0.25, 0.3) is 11.0 Å². The minimum absolute atomic E-state index is 0.0676. The van der Waals surface area contributed by atoms with Gasteiger partial charge in [-0.25, -0.2) is 4.68 Å². The van der Waals surface area contributed by atoms with Gasteiger partial charge in [-0.05, 0) is 44.0 Å². The molecule has 10 nitrogen and oxygen atoms in total. The van der Waals surface area contributed by atoms with Gasteiger partial charge in [-0.1, -0.05) is 13.0 Å². The van der Waals surface area contributed by atoms with Crippen LogP contribution >= 0.6 is 0 Å². The minimum Gasteiger partial charge on any atom is -0.483 e. The SMILES string of the molecule is CNC(=O)c1c(C)oc2cc(OC3c4c(C)c(C(=O)N5CCC(O)(c6cccnc6)C5)cn4N=CC3C)ccc12. The van der Waals surface area contributed by atoms with Crippen molar-refractivity contribution < 1.29 is 23.8 Å². The molecule has 6 rings (SSSR count). The highest BCUT2D eigenvalue weighted by atomic mass is 16.5. The van der Waals surface area contributed by atoms with Crippen LogP contribution in [0.3, 0.4) is 0 Å². The lowest BCUT2D eigenvalue weighted by atomic mass is 9.95. The Hall–Kier alpha value is -4.44. The number of hydrogen-bond acceptors (Lipinski definition) is 7. The lowest BCUT2D eigenvalue weighted by Gasteiger charge is -2.27. The summed E-state index contributed by atoms with van der Waals surface area (Å²) in [6.45, 7) is 6.31. The maximum Gasteiger partial charge on any atom is 0.255 e. The van der Waals surface area contributed by atoms with Gasteiger partial charge < -0.3 is 24.5 Å². The van der Waals surface area contributed by atoms with Crippen LogP contribution in [-0.2, 0) is 5.60 Å². The lowest BCUT2D eigenvalue weighted by molar-refractivity contribution is 0.0414. The van der Waals surface area contributed by atoms with E-state index in [0.717, 1.165) is 11.3 Å². The van der Waals surface area contributed by atoms with Crippen LogP contribution in [0.15, 0.2) is 58.4 Å². The van der Waals surface area contributed by atoms with E-state index in [1.54, 1.807) is 54.3 Å². The van der Waals surface area contributed by atoms with Crippen LogP contribution in [-0.4, -0.2) is 57.8 Å². The summed E-state index contributed by atoms with van der Waals surface area (Å²) in [5.41, 5.74) is 2.75. The van der Waals surface area contributed by atoms with Crippen LogP contribution < -0.4 is 10.1 Å². The third-order valence-electron chi connectivity index (χ3n) is 7.98. The predicted octanol–water partition coefficient (Wildman–Crippen LogP) is 3.94. The van der Waals surface area contributed by atoms with Gasteiger partial charge in [0.2, 0.25) is 0 Å². The van der Waals surface area contributed by atoms with Gasteiger partial charge in [0.15, 0.2) is 0 Å². The number of nitrogens with one attached hydrogen (secondary N) is 1.